The van der Waals surface area contributed by atoms with Crippen LogP contribution in [0.15, 0.2) is 29.2 Å². The average Bonchev–Trinajstić information content (AvgIpc) is 2.39. The van der Waals surface area contributed by atoms with Crippen LogP contribution in [0.5, 0.6) is 0 Å². The normalized spacial score (nSPS) is 10.3. The Bertz CT molecular complexity index is 355. The molecule has 18 heavy (non-hydrogen) atoms. The molecule has 4 nitrogen and oxygen atoms in total. The van der Waals surface area contributed by atoms with Gasteiger partial charge in [0.2, 0.25) is 5.91 Å². The summed E-state index contributed by atoms with van der Waals surface area (Å²) in [6, 6.07) is 8.23. The molecule has 0 unspecified atom stereocenters. The van der Waals surface area contributed by atoms with Gasteiger partial charge in [0.05, 0.1) is 12.4 Å². The molecule has 0 fully saturated rings. The van der Waals surface area contributed by atoms with Crippen LogP contribution in [0.1, 0.15) is 5.56 Å². The van der Waals surface area contributed by atoms with Crippen molar-refractivity contribution in [1.29, 1.82) is 0 Å². The van der Waals surface area contributed by atoms with Gasteiger partial charge in [0.25, 0.3) is 0 Å². The van der Waals surface area contributed by atoms with Gasteiger partial charge >= 0.3 is 0 Å². The molecule has 100 valence electrons. The number of hydrogen-bond acceptors (Lipinski definition) is 4. The zero-order valence-corrected chi connectivity index (χ0v) is 11.7. The van der Waals surface area contributed by atoms with Crippen molar-refractivity contribution < 1.29 is 9.53 Å². The van der Waals surface area contributed by atoms with Crippen LogP contribution < -0.4 is 10.6 Å². The zero-order valence-electron chi connectivity index (χ0n) is 10.9. The molecule has 0 saturated heterocycles. The maximum absolute atomic E-state index is 11.5. The van der Waals surface area contributed by atoms with Crippen LogP contribution in [-0.4, -0.2) is 39.0 Å². The van der Waals surface area contributed by atoms with Crippen LogP contribution >= 0.6 is 11.8 Å². The van der Waals surface area contributed by atoms with Gasteiger partial charge in [-0.3, -0.25) is 4.79 Å². The fraction of sp³-hybridized carbons (Fsp3) is 0.462. The van der Waals surface area contributed by atoms with E-state index < -0.39 is 0 Å². The summed E-state index contributed by atoms with van der Waals surface area (Å²) in [5.41, 5.74) is 1.24. The molecular weight excluding hydrogens is 248 g/mol. The SMILES string of the molecule is CNCc1ccc(SCC(=O)NCCOC)cc1. The van der Waals surface area contributed by atoms with E-state index in [9.17, 15) is 4.79 Å². The highest BCUT2D eigenvalue weighted by atomic mass is 32.2. The van der Waals surface area contributed by atoms with E-state index in [1.54, 1.807) is 18.9 Å². The number of rotatable bonds is 8. The summed E-state index contributed by atoms with van der Waals surface area (Å²) in [6.45, 7) is 1.98. The molecule has 1 amide bonds. The second-order valence-corrected chi connectivity index (χ2v) is 4.85. The first kappa shape index (κ1) is 15.0. The maximum Gasteiger partial charge on any atom is 0.230 e. The number of hydrogen-bond donors (Lipinski definition) is 2. The fourth-order valence-corrected chi connectivity index (χ4v) is 2.13. The third kappa shape index (κ3) is 6.05. The van der Waals surface area contributed by atoms with Crippen molar-refractivity contribution in [3.8, 4) is 0 Å². The van der Waals surface area contributed by atoms with Crippen molar-refractivity contribution in [2.45, 2.75) is 11.4 Å². The van der Waals surface area contributed by atoms with Crippen molar-refractivity contribution >= 4 is 17.7 Å². The molecule has 1 aromatic rings. The quantitative estimate of drug-likeness (QED) is 0.550. The number of carbonyl (C=O) groups excluding carboxylic acids is 1. The second-order valence-electron chi connectivity index (χ2n) is 3.81. The van der Waals surface area contributed by atoms with Crippen molar-refractivity contribution in [3.05, 3.63) is 29.8 Å². The summed E-state index contributed by atoms with van der Waals surface area (Å²) in [5.74, 6) is 0.478. The first-order valence-electron chi connectivity index (χ1n) is 5.88. The lowest BCUT2D eigenvalue weighted by Gasteiger charge is -2.05. The Morgan fingerprint density at radius 1 is 1.33 bits per heavy atom. The van der Waals surface area contributed by atoms with Gasteiger partial charge in [0, 0.05) is 25.1 Å². The Labute approximate surface area is 112 Å². The molecule has 0 aliphatic rings. The number of amides is 1. The molecule has 0 bridgehead atoms. The molecule has 2 N–H and O–H groups in total. The molecule has 0 aliphatic heterocycles. The van der Waals surface area contributed by atoms with E-state index in [4.69, 9.17) is 4.74 Å². The number of benzene rings is 1. The number of ether oxygens (including phenoxy) is 1. The summed E-state index contributed by atoms with van der Waals surface area (Å²) >= 11 is 1.54. The molecule has 0 aromatic heterocycles. The second kappa shape index (κ2) is 8.97. The lowest BCUT2D eigenvalue weighted by atomic mass is 10.2. The standard InChI is InChI=1S/C13H20N2O2S/c1-14-9-11-3-5-12(6-4-11)18-10-13(16)15-7-8-17-2/h3-6,14H,7-10H2,1-2H3,(H,15,16). The van der Waals surface area contributed by atoms with Gasteiger partial charge in [0.15, 0.2) is 0 Å². The molecular formula is C13H20N2O2S. The topological polar surface area (TPSA) is 50.4 Å². The Morgan fingerprint density at radius 3 is 2.67 bits per heavy atom. The molecule has 0 aliphatic carbocycles. The highest BCUT2D eigenvalue weighted by molar-refractivity contribution is 8.00. The molecule has 0 atom stereocenters. The summed E-state index contributed by atoms with van der Waals surface area (Å²) < 4.78 is 4.86. The average molecular weight is 268 g/mol. The van der Waals surface area contributed by atoms with E-state index in [1.807, 2.05) is 19.2 Å². The third-order valence-electron chi connectivity index (χ3n) is 2.30. The van der Waals surface area contributed by atoms with Crippen molar-refractivity contribution in [2.24, 2.45) is 0 Å². The van der Waals surface area contributed by atoms with Crippen LogP contribution in [0.25, 0.3) is 0 Å². The van der Waals surface area contributed by atoms with Crippen LogP contribution in [0.3, 0.4) is 0 Å². The molecule has 1 aromatic carbocycles. The lowest BCUT2D eigenvalue weighted by Crippen LogP contribution is -2.28. The number of nitrogens with one attached hydrogen (secondary N) is 2. The van der Waals surface area contributed by atoms with E-state index in [0.29, 0.717) is 18.9 Å². The Kier molecular flexibility index (Phi) is 7.48. The van der Waals surface area contributed by atoms with E-state index >= 15 is 0 Å². The van der Waals surface area contributed by atoms with Crippen LogP contribution in [0, 0.1) is 0 Å². The van der Waals surface area contributed by atoms with Gasteiger partial charge in [-0.1, -0.05) is 12.1 Å². The monoisotopic (exact) mass is 268 g/mol. The van der Waals surface area contributed by atoms with Gasteiger partial charge in [-0.15, -0.1) is 11.8 Å². The minimum Gasteiger partial charge on any atom is -0.383 e. The predicted octanol–water partition coefficient (Wildman–Crippen LogP) is 1.26. The minimum atomic E-state index is 0.0383. The van der Waals surface area contributed by atoms with E-state index in [-0.39, 0.29) is 5.91 Å². The molecule has 0 saturated carbocycles. The van der Waals surface area contributed by atoms with Crippen molar-refractivity contribution in [2.75, 3.05) is 33.1 Å². The predicted molar refractivity (Wildman–Crippen MR) is 74.8 cm³/mol. The summed E-state index contributed by atoms with van der Waals surface area (Å²) in [5, 5.41) is 5.89. The fourth-order valence-electron chi connectivity index (χ4n) is 1.40. The smallest absolute Gasteiger partial charge is 0.230 e. The number of carbonyl (C=O) groups is 1. The van der Waals surface area contributed by atoms with E-state index in [0.717, 1.165) is 11.4 Å². The van der Waals surface area contributed by atoms with E-state index in [2.05, 4.69) is 22.8 Å². The van der Waals surface area contributed by atoms with Crippen molar-refractivity contribution in [1.82, 2.24) is 10.6 Å². The van der Waals surface area contributed by atoms with Crippen LogP contribution in [-0.2, 0) is 16.1 Å². The van der Waals surface area contributed by atoms with Crippen LogP contribution in [0.4, 0.5) is 0 Å². The van der Waals surface area contributed by atoms with Crippen LogP contribution in [0.2, 0.25) is 0 Å². The molecule has 0 radical (unpaired) electrons. The summed E-state index contributed by atoms with van der Waals surface area (Å²) in [4.78, 5) is 12.6. The Morgan fingerprint density at radius 2 is 2.06 bits per heavy atom. The number of methoxy groups -OCH3 is 1. The van der Waals surface area contributed by atoms with Gasteiger partial charge in [-0.25, -0.2) is 0 Å². The maximum atomic E-state index is 11.5. The Balaban J connectivity index is 2.27. The first-order chi connectivity index (χ1) is 8.76. The zero-order chi connectivity index (χ0) is 13.2. The van der Waals surface area contributed by atoms with Gasteiger partial charge < -0.3 is 15.4 Å². The van der Waals surface area contributed by atoms with Gasteiger partial charge in [0.1, 0.15) is 0 Å². The van der Waals surface area contributed by atoms with Gasteiger partial charge in [-0.2, -0.15) is 0 Å². The molecule has 0 heterocycles. The highest BCUT2D eigenvalue weighted by Gasteiger charge is 2.02. The Hall–Kier alpha value is -1.04. The highest BCUT2D eigenvalue weighted by Crippen LogP contribution is 2.17. The number of thioether (sulfide) groups is 1. The molecule has 5 heteroatoms. The minimum absolute atomic E-state index is 0.0383. The summed E-state index contributed by atoms with van der Waals surface area (Å²) in [7, 11) is 3.54. The van der Waals surface area contributed by atoms with Crippen molar-refractivity contribution in [3.63, 3.8) is 0 Å². The largest absolute Gasteiger partial charge is 0.383 e. The lowest BCUT2D eigenvalue weighted by molar-refractivity contribution is -0.118. The van der Waals surface area contributed by atoms with E-state index in [1.165, 1.54) is 5.56 Å². The first-order valence-corrected chi connectivity index (χ1v) is 6.87. The third-order valence-corrected chi connectivity index (χ3v) is 3.31. The summed E-state index contributed by atoms with van der Waals surface area (Å²) in [6.07, 6.45) is 0. The molecule has 1 rings (SSSR count). The molecule has 0 spiro atoms. The van der Waals surface area contributed by atoms with Gasteiger partial charge in [-0.05, 0) is 24.7 Å².